The highest BCUT2D eigenvalue weighted by Gasteiger charge is 2.88. The zero-order valence-electron chi connectivity index (χ0n) is 16.4. The second-order valence-electron chi connectivity index (χ2n) is 11.0. The van der Waals surface area contributed by atoms with Gasteiger partial charge in [-0.2, -0.15) is 0 Å². The number of aliphatic hydroxyl groups excluding tert-OH is 2. The molecule has 0 aromatic heterocycles. The molecule has 2 N–H and O–H groups in total. The molecule has 5 nitrogen and oxygen atoms in total. The smallest absolute Gasteiger partial charge is 0.140 e. The van der Waals surface area contributed by atoms with E-state index < -0.39 is 23.0 Å². The summed E-state index contributed by atoms with van der Waals surface area (Å²) in [6, 6.07) is -0.173. The summed E-state index contributed by atoms with van der Waals surface area (Å²) in [5, 5.41) is 37.0. The van der Waals surface area contributed by atoms with Gasteiger partial charge in [-0.15, -0.1) is 0 Å². The van der Waals surface area contributed by atoms with Crippen LogP contribution in [-0.2, 0) is 4.79 Å². The quantitative estimate of drug-likeness (QED) is 0.419. The summed E-state index contributed by atoms with van der Waals surface area (Å²) in [5.74, 6) is 0.275. The highest BCUT2D eigenvalue weighted by atomic mass is 16.5. The number of piperidine rings is 1. The molecule has 5 aliphatic carbocycles. The highest BCUT2D eigenvalue weighted by molar-refractivity contribution is 5.87. The zero-order valence-corrected chi connectivity index (χ0v) is 16.4. The minimum atomic E-state index is -0.699. The van der Waals surface area contributed by atoms with Crippen molar-refractivity contribution < 1.29 is 19.7 Å². The third-order valence-corrected chi connectivity index (χ3v) is 10.7. The molecule has 1 heterocycles. The number of aliphatic hydroxyl groups is 2. The van der Waals surface area contributed by atoms with Gasteiger partial charge >= 0.3 is 0 Å². The van der Waals surface area contributed by atoms with Crippen molar-refractivity contribution in [1.29, 1.82) is 0 Å². The number of likely N-dealkylation sites (tertiary alicyclic amines) is 1. The van der Waals surface area contributed by atoms with Crippen molar-refractivity contribution in [1.82, 2.24) is 0 Å². The van der Waals surface area contributed by atoms with E-state index in [4.69, 9.17) is 0 Å². The summed E-state index contributed by atoms with van der Waals surface area (Å²) in [7, 11) is 0. The van der Waals surface area contributed by atoms with Crippen LogP contribution in [0.4, 0.5) is 0 Å². The molecule has 2 spiro atoms. The van der Waals surface area contributed by atoms with Gasteiger partial charge in [0.2, 0.25) is 0 Å². The third kappa shape index (κ3) is 1.44. The number of hydrogen-bond acceptors (Lipinski definition) is 4. The SMILES string of the molecule is C=C1[C@H]2C[C@]3(C4CC5[C@@]6(C)CC[C@H](O)[C@]5(C3CC2=O)C4[N+]([O-])(CC)C6)[C@@H]1O. The molecule has 27 heavy (non-hydrogen) atoms. The minimum absolute atomic E-state index is 0.0651. The van der Waals surface area contributed by atoms with E-state index in [-0.39, 0.29) is 39.6 Å². The zero-order chi connectivity index (χ0) is 19.1. The maximum Gasteiger partial charge on any atom is 0.140 e. The lowest BCUT2D eigenvalue weighted by Gasteiger charge is -2.68. The predicted octanol–water partition coefficient (Wildman–Crippen LogP) is 2.01. The molecular weight excluding hydrogens is 342 g/mol. The van der Waals surface area contributed by atoms with Crippen molar-refractivity contribution >= 4 is 5.78 Å². The molecule has 5 heteroatoms. The van der Waals surface area contributed by atoms with Crippen LogP contribution in [0.3, 0.4) is 0 Å². The lowest BCUT2D eigenvalue weighted by Crippen LogP contribution is -2.73. The summed E-state index contributed by atoms with van der Waals surface area (Å²) in [4.78, 5) is 13.0. The normalized spacial score (nSPS) is 65.6. The molecule has 5 saturated carbocycles. The second-order valence-corrected chi connectivity index (χ2v) is 11.0. The standard InChI is InChI=1S/C22H31NO4/c1-4-23(27)10-20(3)6-5-17(25)22-15(20)7-13(18(22)23)21-9-12(11(2)19(21)26)14(24)8-16(21)22/h12-13,15-19,25-26H,2,4-10H2,1,3H3/t12-,13?,15?,16?,17+,18?,19-,20+,21-,22+,23?/m1/s1. The molecule has 148 valence electrons. The lowest BCUT2D eigenvalue weighted by molar-refractivity contribution is -0.927. The van der Waals surface area contributed by atoms with Gasteiger partial charge in [0, 0.05) is 29.1 Å². The second kappa shape index (κ2) is 4.53. The number of rotatable bonds is 1. The highest BCUT2D eigenvalue weighted by Crippen LogP contribution is 2.84. The van der Waals surface area contributed by atoms with Gasteiger partial charge in [0.25, 0.3) is 0 Å². The lowest BCUT2D eigenvalue weighted by atomic mass is 9.43. The number of fused-ring (bicyclic) bond motifs is 1. The van der Waals surface area contributed by atoms with Crippen LogP contribution in [0.5, 0.6) is 0 Å². The maximum absolute atomic E-state index is 14.2. The van der Waals surface area contributed by atoms with E-state index >= 15 is 0 Å². The fraction of sp³-hybridized carbons (Fsp3) is 0.864. The molecular formula is C22H31NO4. The Bertz CT molecular complexity index is 782. The molecule has 1 aliphatic heterocycles. The molecule has 1 saturated heterocycles. The molecule has 6 aliphatic rings. The number of Topliss-reactive ketones (excluding diaryl/α,β-unsaturated/α-hetero) is 1. The molecule has 0 aromatic rings. The topological polar surface area (TPSA) is 80.6 Å². The number of ketones is 1. The van der Waals surface area contributed by atoms with Crippen LogP contribution in [0.2, 0.25) is 0 Å². The number of nitrogens with zero attached hydrogens (tertiary/aromatic N) is 1. The van der Waals surface area contributed by atoms with E-state index in [1.807, 2.05) is 6.92 Å². The van der Waals surface area contributed by atoms with Gasteiger partial charge in [-0.3, -0.25) is 4.79 Å². The number of carbonyl (C=O) groups excluding carboxylic acids is 1. The fourth-order valence-electron chi connectivity index (χ4n) is 10.1. The monoisotopic (exact) mass is 373 g/mol. The molecule has 0 amide bonds. The van der Waals surface area contributed by atoms with E-state index in [1.165, 1.54) is 0 Å². The van der Waals surface area contributed by atoms with Gasteiger partial charge in [0.15, 0.2) is 0 Å². The van der Waals surface area contributed by atoms with Gasteiger partial charge in [-0.1, -0.05) is 13.5 Å². The van der Waals surface area contributed by atoms with E-state index in [2.05, 4.69) is 13.5 Å². The summed E-state index contributed by atoms with van der Waals surface area (Å²) >= 11 is 0. The average molecular weight is 373 g/mol. The van der Waals surface area contributed by atoms with Gasteiger partial charge in [-0.05, 0) is 50.0 Å². The first-order valence-corrected chi connectivity index (χ1v) is 10.8. The first kappa shape index (κ1) is 17.1. The number of hydroxylamine groups is 3. The molecule has 5 unspecified atom stereocenters. The van der Waals surface area contributed by atoms with Crippen LogP contribution in [-0.4, -0.2) is 52.0 Å². The van der Waals surface area contributed by atoms with Crippen LogP contribution in [0, 0.1) is 45.1 Å². The molecule has 6 fully saturated rings. The maximum atomic E-state index is 14.2. The number of carbonyl (C=O) groups is 1. The Morgan fingerprint density at radius 1 is 1.33 bits per heavy atom. The van der Waals surface area contributed by atoms with Crippen molar-refractivity contribution in [2.24, 2.45) is 39.9 Å². The van der Waals surface area contributed by atoms with Gasteiger partial charge < -0.3 is 20.1 Å². The molecule has 11 atom stereocenters. The summed E-state index contributed by atoms with van der Waals surface area (Å²) < 4.78 is -0.245. The molecule has 0 radical (unpaired) electrons. The van der Waals surface area contributed by atoms with Crippen LogP contribution >= 0.6 is 0 Å². The Morgan fingerprint density at radius 3 is 2.78 bits per heavy atom. The molecule has 7 bridgehead atoms. The Balaban J connectivity index is 1.64. The third-order valence-electron chi connectivity index (χ3n) is 10.7. The van der Waals surface area contributed by atoms with Crippen molar-refractivity contribution in [3.63, 3.8) is 0 Å². The van der Waals surface area contributed by atoms with Crippen molar-refractivity contribution in [2.45, 2.75) is 64.2 Å². The van der Waals surface area contributed by atoms with Crippen molar-refractivity contribution in [3.8, 4) is 0 Å². The molecule has 0 aromatic carbocycles. The van der Waals surface area contributed by atoms with Crippen molar-refractivity contribution in [3.05, 3.63) is 17.4 Å². The Morgan fingerprint density at radius 2 is 2.07 bits per heavy atom. The summed E-state index contributed by atoms with van der Waals surface area (Å²) in [6.07, 6.45) is 2.40. The Labute approximate surface area is 160 Å². The van der Waals surface area contributed by atoms with Gasteiger partial charge in [0.1, 0.15) is 11.8 Å². The largest absolute Gasteiger partial charge is 0.633 e. The number of quaternary nitrogens is 1. The van der Waals surface area contributed by atoms with E-state index in [9.17, 15) is 20.2 Å². The number of hydrogen-bond donors (Lipinski definition) is 2. The molecule has 6 rings (SSSR count). The Kier molecular flexibility index (Phi) is 2.88. The van der Waals surface area contributed by atoms with Crippen LogP contribution < -0.4 is 0 Å². The van der Waals surface area contributed by atoms with Crippen LogP contribution in [0.15, 0.2) is 12.2 Å². The summed E-state index contributed by atoms with van der Waals surface area (Å²) in [6.45, 7) is 9.47. The average Bonchev–Trinajstić information content (AvgIpc) is 3.17. The van der Waals surface area contributed by atoms with Crippen LogP contribution in [0.1, 0.15) is 46.0 Å². The minimum Gasteiger partial charge on any atom is -0.633 e. The van der Waals surface area contributed by atoms with Gasteiger partial charge in [0.05, 0.1) is 30.7 Å². The Hall–Kier alpha value is -0.750. The first-order valence-electron chi connectivity index (χ1n) is 10.8. The van der Waals surface area contributed by atoms with Crippen LogP contribution in [0.25, 0.3) is 0 Å². The predicted molar refractivity (Wildman–Crippen MR) is 99.0 cm³/mol. The van der Waals surface area contributed by atoms with Gasteiger partial charge in [-0.25, -0.2) is 0 Å². The van der Waals surface area contributed by atoms with E-state index in [0.29, 0.717) is 37.4 Å². The van der Waals surface area contributed by atoms with E-state index in [0.717, 1.165) is 19.3 Å². The van der Waals surface area contributed by atoms with Crippen molar-refractivity contribution in [2.75, 3.05) is 13.1 Å². The van der Waals surface area contributed by atoms with E-state index in [1.54, 1.807) is 0 Å². The summed E-state index contributed by atoms with van der Waals surface area (Å²) in [5.41, 5.74) is -0.303. The first-order chi connectivity index (χ1) is 12.7. The fourth-order valence-corrected chi connectivity index (χ4v) is 10.1.